The van der Waals surface area contributed by atoms with Crippen LogP contribution in [0.5, 0.6) is 0 Å². The molecule has 2 unspecified atom stereocenters. The van der Waals surface area contributed by atoms with Gasteiger partial charge in [-0.1, -0.05) is 13.3 Å². The van der Waals surface area contributed by atoms with Gasteiger partial charge in [0.15, 0.2) is 9.84 Å². The van der Waals surface area contributed by atoms with Gasteiger partial charge in [-0.15, -0.1) is 0 Å². The van der Waals surface area contributed by atoms with E-state index in [4.69, 9.17) is 5.26 Å². The van der Waals surface area contributed by atoms with E-state index >= 15 is 0 Å². The van der Waals surface area contributed by atoms with Crippen molar-refractivity contribution < 1.29 is 8.42 Å². The molecule has 1 aliphatic rings. The van der Waals surface area contributed by atoms with Crippen LogP contribution in [0, 0.1) is 17.2 Å². The topological polar surface area (TPSA) is 57.9 Å². The first-order chi connectivity index (χ1) is 5.61. The average Bonchev–Trinajstić information content (AvgIpc) is 2.52. The molecule has 0 saturated heterocycles. The smallest absolute Gasteiger partial charge is 0.154 e. The molecule has 1 rings (SSSR count). The Hall–Kier alpha value is -0.560. The van der Waals surface area contributed by atoms with Crippen molar-refractivity contribution >= 4 is 9.84 Å². The zero-order valence-electron chi connectivity index (χ0n) is 7.16. The van der Waals surface area contributed by atoms with Crippen molar-refractivity contribution in [2.45, 2.75) is 31.4 Å². The molecule has 2 atom stereocenters. The second kappa shape index (κ2) is 3.44. The Kier molecular flexibility index (Phi) is 2.73. The molecule has 0 heterocycles. The van der Waals surface area contributed by atoms with Crippen molar-refractivity contribution in [2.75, 3.05) is 5.75 Å². The lowest BCUT2D eigenvalue weighted by atomic mass is 10.1. The van der Waals surface area contributed by atoms with Crippen LogP contribution in [0.4, 0.5) is 0 Å². The minimum absolute atomic E-state index is 0.163. The Morgan fingerprint density at radius 3 is 2.67 bits per heavy atom. The van der Waals surface area contributed by atoms with Gasteiger partial charge in [-0.2, -0.15) is 5.26 Å². The summed E-state index contributed by atoms with van der Waals surface area (Å²) in [7, 11) is -2.98. The van der Waals surface area contributed by atoms with Crippen LogP contribution >= 0.6 is 0 Å². The lowest BCUT2D eigenvalue weighted by Gasteiger charge is -2.12. The molecule has 0 spiro atoms. The molecular formula is C8H13NO2S. The van der Waals surface area contributed by atoms with Gasteiger partial charge in [0.25, 0.3) is 0 Å². The normalized spacial score (nSPS) is 30.0. The van der Waals surface area contributed by atoms with Gasteiger partial charge in [0.05, 0.1) is 17.2 Å². The van der Waals surface area contributed by atoms with Gasteiger partial charge in [0.2, 0.25) is 0 Å². The molecule has 0 aromatic rings. The number of nitrogens with zero attached hydrogens (tertiary/aromatic N) is 1. The van der Waals surface area contributed by atoms with Crippen LogP contribution in [0.1, 0.15) is 26.2 Å². The van der Waals surface area contributed by atoms with E-state index in [1.165, 1.54) is 0 Å². The molecule has 0 N–H and O–H groups in total. The minimum Gasteiger partial charge on any atom is -0.229 e. The van der Waals surface area contributed by atoms with Gasteiger partial charge in [0.1, 0.15) is 0 Å². The van der Waals surface area contributed by atoms with Gasteiger partial charge in [0, 0.05) is 5.75 Å². The van der Waals surface area contributed by atoms with E-state index in [0.717, 1.165) is 12.8 Å². The number of nitriles is 1. The zero-order chi connectivity index (χ0) is 9.19. The van der Waals surface area contributed by atoms with E-state index in [9.17, 15) is 8.42 Å². The summed E-state index contributed by atoms with van der Waals surface area (Å²) in [6.07, 6.45) is 2.30. The van der Waals surface area contributed by atoms with Crippen LogP contribution in [0.25, 0.3) is 0 Å². The Bertz CT molecular complexity index is 289. The SMILES string of the molecule is CCS(=O)(=O)C1CCCC1C#N. The largest absolute Gasteiger partial charge is 0.229 e. The van der Waals surface area contributed by atoms with E-state index in [2.05, 4.69) is 6.07 Å². The standard InChI is InChI=1S/C8H13NO2S/c1-2-12(10,11)8-5-3-4-7(8)6-9/h7-8H,2-5H2,1H3. The number of rotatable bonds is 2. The third-order valence-electron chi connectivity index (χ3n) is 2.48. The maximum absolute atomic E-state index is 11.4. The lowest BCUT2D eigenvalue weighted by molar-refractivity contribution is 0.566. The van der Waals surface area contributed by atoms with Crippen LogP contribution in [-0.4, -0.2) is 19.4 Å². The first kappa shape index (κ1) is 9.53. The van der Waals surface area contributed by atoms with Gasteiger partial charge >= 0.3 is 0 Å². The number of hydrogen-bond acceptors (Lipinski definition) is 3. The molecule has 1 saturated carbocycles. The average molecular weight is 187 g/mol. The molecule has 0 amide bonds. The van der Waals surface area contributed by atoms with Gasteiger partial charge in [-0.25, -0.2) is 8.42 Å². The van der Waals surface area contributed by atoms with Crippen LogP contribution < -0.4 is 0 Å². The molecule has 0 radical (unpaired) electrons. The summed E-state index contributed by atoms with van der Waals surface area (Å²) >= 11 is 0. The molecule has 4 heteroatoms. The fourth-order valence-electron chi connectivity index (χ4n) is 1.72. The van der Waals surface area contributed by atoms with E-state index in [1.54, 1.807) is 6.92 Å². The maximum atomic E-state index is 11.4. The van der Waals surface area contributed by atoms with Crippen molar-refractivity contribution in [3.05, 3.63) is 0 Å². The second-order valence-electron chi connectivity index (χ2n) is 3.16. The Balaban J connectivity index is 2.83. The molecular weight excluding hydrogens is 174 g/mol. The van der Waals surface area contributed by atoms with Crippen molar-refractivity contribution in [1.82, 2.24) is 0 Å². The minimum atomic E-state index is -2.98. The molecule has 68 valence electrons. The summed E-state index contributed by atoms with van der Waals surface area (Å²) in [6.45, 7) is 1.64. The summed E-state index contributed by atoms with van der Waals surface area (Å²) in [5.41, 5.74) is 0. The molecule has 0 aliphatic heterocycles. The van der Waals surface area contributed by atoms with Crippen molar-refractivity contribution in [3.8, 4) is 6.07 Å². The second-order valence-corrected chi connectivity index (χ2v) is 5.67. The number of hydrogen-bond donors (Lipinski definition) is 0. The molecule has 3 nitrogen and oxygen atoms in total. The monoisotopic (exact) mass is 187 g/mol. The summed E-state index contributed by atoms with van der Waals surface area (Å²) in [6, 6.07) is 2.08. The van der Waals surface area contributed by atoms with Crippen LogP contribution in [0.2, 0.25) is 0 Å². The fraction of sp³-hybridized carbons (Fsp3) is 0.875. The lowest BCUT2D eigenvalue weighted by Crippen LogP contribution is -2.25. The predicted molar refractivity (Wildman–Crippen MR) is 46.2 cm³/mol. The number of sulfone groups is 1. The molecule has 0 aromatic carbocycles. The summed E-state index contributed by atoms with van der Waals surface area (Å²) in [5.74, 6) is -0.0921. The molecule has 1 fully saturated rings. The van der Waals surface area contributed by atoms with Gasteiger partial charge in [-0.3, -0.25) is 0 Å². The third-order valence-corrected chi connectivity index (χ3v) is 4.77. The van der Waals surface area contributed by atoms with E-state index in [0.29, 0.717) is 6.42 Å². The van der Waals surface area contributed by atoms with Gasteiger partial charge < -0.3 is 0 Å². The first-order valence-electron chi connectivity index (χ1n) is 4.23. The van der Waals surface area contributed by atoms with Crippen molar-refractivity contribution in [2.24, 2.45) is 5.92 Å². The third kappa shape index (κ3) is 1.61. The van der Waals surface area contributed by atoms with E-state index in [-0.39, 0.29) is 16.9 Å². The Morgan fingerprint density at radius 2 is 2.17 bits per heavy atom. The molecule has 0 bridgehead atoms. The molecule has 1 aliphatic carbocycles. The predicted octanol–water partition coefficient (Wildman–Crippen LogP) is 1.11. The Morgan fingerprint density at radius 1 is 1.50 bits per heavy atom. The Labute approximate surface area is 73.3 Å². The summed E-state index contributed by atoms with van der Waals surface area (Å²) in [5, 5.41) is 8.30. The molecule has 12 heavy (non-hydrogen) atoms. The maximum Gasteiger partial charge on any atom is 0.154 e. The highest BCUT2D eigenvalue weighted by atomic mass is 32.2. The highest BCUT2D eigenvalue weighted by Gasteiger charge is 2.36. The fourth-order valence-corrected chi connectivity index (χ4v) is 3.37. The molecule has 0 aromatic heterocycles. The summed E-state index contributed by atoms with van der Waals surface area (Å²) in [4.78, 5) is 0. The summed E-state index contributed by atoms with van der Waals surface area (Å²) < 4.78 is 22.8. The van der Waals surface area contributed by atoms with Gasteiger partial charge in [-0.05, 0) is 12.8 Å². The highest BCUT2D eigenvalue weighted by molar-refractivity contribution is 7.92. The van der Waals surface area contributed by atoms with E-state index in [1.807, 2.05) is 0 Å². The van der Waals surface area contributed by atoms with Crippen LogP contribution in [-0.2, 0) is 9.84 Å². The van der Waals surface area contributed by atoms with E-state index < -0.39 is 9.84 Å². The van der Waals surface area contributed by atoms with Crippen LogP contribution in [0.3, 0.4) is 0 Å². The highest BCUT2D eigenvalue weighted by Crippen LogP contribution is 2.30. The first-order valence-corrected chi connectivity index (χ1v) is 5.94. The zero-order valence-corrected chi connectivity index (χ0v) is 7.97. The van der Waals surface area contributed by atoms with Crippen molar-refractivity contribution in [1.29, 1.82) is 5.26 Å². The van der Waals surface area contributed by atoms with Crippen LogP contribution in [0.15, 0.2) is 0 Å². The van der Waals surface area contributed by atoms with Crippen molar-refractivity contribution in [3.63, 3.8) is 0 Å². The quantitative estimate of drug-likeness (QED) is 0.650.